The molecule has 0 spiro atoms. The molecule has 17 heteroatoms. The maximum atomic E-state index is 13.8. The molecule has 0 bridgehead atoms. The molecule has 1 unspecified atom stereocenters. The first-order valence-corrected chi connectivity index (χ1v) is 18.2. The molecule has 6 rings (SSSR count). The number of piperazine rings is 1. The lowest BCUT2D eigenvalue weighted by atomic mass is 10.1. The monoisotopic (exact) mass is 671 g/mol. The van der Waals surface area contributed by atoms with E-state index < -0.39 is 32.0 Å². The van der Waals surface area contributed by atoms with Gasteiger partial charge >= 0.3 is 5.91 Å². The lowest BCUT2D eigenvalue weighted by Gasteiger charge is -2.40. The molecule has 1 aromatic carbocycles. The molecule has 2 aromatic heterocycles. The lowest BCUT2D eigenvalue weighted by Crippen LogP contribution is -2.58. The Labute approximate surface area is 258 Å². The number of nitrogens with zero attached hydrogens (tertiary/aromatic N) is 5. The highest BCUT2D eigenvalue weighted by atomic mass is 35.5. The van der Waals surface area contributed by atoms with Crippen LogP contribution >= 0.6 is 22.9 Å². The molecule has 2 amide bonds. The predicted octanol–water partition coefficient (Wildman–Crippen LogP) is 1.62. The number of ether oxygens (including phenoxy) is 1. The molecular formula is C26H30ClN5O8S3. The van der Waals surface area contributed by atoms with E-state index in [0.717, 1.165) is 27.7 Å². The van der Waals surface area contributed by atoms with Crippen molar-refractivity contribution in [2.45, 2.75) is 29.6 Å². The Balaban J connectivity index is 1.26. The molecule has 3 aliphatic heterocycles. The van der Waals surface area contributed by atoms with Gasteiger partial charge in [0.05, 0.1) is 37.8 Å². The van der Waals surface area contributed by atoms with E-state index in [0.29, 0.717) is 49.2 Å². The van der Waals surface area contributed by atoms with Crippen LogP contribution in [-0.4, -0.2) is 117 Å². The van der Waals surface area contributed by atoms with Crippen molar-refractivity contribution in [3.63, 3.8) is 0 Å². The van der Waals surface area contributed by atoms with Gasteiger partial charge in [-0.15, -0.1) is 11.3 Å². The number of hydrogen-bond donors (Lipinski definition) is 0. The van der Waals surface area contributed by atoms with Gasteiger partial charge in [0, 0.05) is 61.8 Å². The fourth-order valence-corrected chi connectivity index (χ4v) is 9.61. The maximum Gasteiger partial charge on any atom is 0.310 e. The summed E-state index contributed by atoms with van der Waals surface area (Å²) in [6.45, 7) is 1.75. The van der Waals surface area contributed by atoms with Crippen LogP contribution in [0, 0.1) is 0 Å². The molecule has 3 aliphatic rings. The standard InChI is InChI=1S/C26H30ClN5O8S3/c1-42(35,36)30-5-4-20-21(16-30)40-25(28-20)26(34)32-7-6-31(15-19(32)14-23(33)29-8-10-39-11-9-29)43(37,38)24-12-17-2-3-18(27)13-22(17)41-24/h2-3,12-13,19H,4-11,14-16H2,1H3. The number of hydrogen-bond acceptors (Lipinski definition) is 10. The SMILES string of the molecule is CS(=O)(=O)N1CCc2nc(C(=O)N3CCN(S(=O)(=O)c4cc5ccc(Cl)cc5s4)CC3CC(=O)N3CCOCC3)oc2C1. The molecule has 0 aliphatic carbocycles. The first-order chi connectivity index (χ1) is 20.4. The Hall–Kier alpha value is -2.60. The van der Waals surface area contributed by atoms with Crippen molar-refractivity contribution in [2.75, 3.05) is 58.7 Å². The van der Waals surface area contributed by atoms with Crippen LogP contribution in [0.4, 0.5) is 0 Å². The minimum absolute atomic E-state index is 0.00754. The number of fused-ring (bicyclic) bond motifs is 2. The van der Waals surface area contributed by atoms with Crippen molar-refractivity contribution in [2.24, 2.45) is 0 Å². The van der Waals surface area contributed by atoms with Gasteiger partial charge in [0.15, 0.2) is 0 Å². The number of rotatable bonds is 6. The van der Waals surface area contributed by atoms with Crippen LogP contribution < -0.4 is 0 Å². The summed E-state index contributed by atoms with van der Waals surface area (Å²) < 4.78 is 66.2. The lowest BCUT2D eigenvalue weighted by molar-refractivity contribution is -0.136. The third-order valence-electron chi connectivity index (χ3n) is 7.88. The zero-order valence-corrected chi connectivity index (χ0v) is 26.5. The van der Waals surface area contributed by atoms with Gasteiger partial charge in [-0.3, -0.25) is 9.59 Å². The second kappa shape index (κ2) is 11.7. The van der Waals surface area contributed by atoms with E-state index in [1.165, 1.54) is 13.5 Å². The summed E-state index contributed by atoms with van der Waals surface area (Å²) in [5.41, 5.74) is 0.510. The molecule has 0 saturated carbocycles. The fraction of sp³-hybridized carbons (Fsp3) is 0.500. The summed E-state index contributed by atoms with van der Waals surface area (Å²) >= 11 is 7.22. The van der Waals surface area contributed by atoms with Crippen molar-refractivity contribution in [1.82, 2.24) is 23.4 Å². The summed E-state index contributed by atoms with van der Waals surface area (Å²) in [5.74, 6) is -0.695. The van der Waals surface area contributed by atoms with Crippen LogP contribution in [0.25, 0.3) is 10.1 Å². The summed E-state index contributed by atoms with van der Waals surface area (Å²) in [7, 11) is -7.40. The average molecular weight is 672 g/mol. The first kappa shape index (κ1) is 30.4. The highest BCUT2D eigenvalue weighted by molar-refractivity contribution is 7.91. The van der Waals surface area contributed by atoms with Crippen molar-refractivity contribution in [3.8, 4) is 0 Å². The van der Waals surface area contributed by atoms with Gasteiger partial charge in [0.25, 0.3) is 15.9 Å². The number of morpholine rings is 1. The minimum atomic E-state index is -3.94. The number of thiophene rings is 1. The number of oxazole rings is 1. The number of carbonyl (C=O) groups is 2. The predicted molar refractivity (Wildman–Crippen MR) is 158 cm³/mol. The van der Waals surface area contributed by atoms with E-state index in [1.807, 2.05) is 0 Å². The van der Waals surface area contributed by atoms with E-state index in [9.17, 15) is 26.4 Å². The molecule has 13 nitrogen and oxygen atoms in total. The van der Waals surface area contributed by atoms with Crippen LogP contribution in [0.3, 0.4) is 0 Å². The molecule has 5 heterocycles. The smallest absolute Gasteiger partial charge is 0.310 e. The van der Waals surface area contributed by atoms with Crippen LogP contribution in [0.5, 0.6) is 0 Å². The summed E-state index contributed by atoms with van der Waals surface area (Å²) in [6.07, 6.45) is 1.31. The summed E-state index contributed by atoms with van der Waals surface area (Å²) in [6, 6.07) is 6.00. The summed E-state index contributed by atoms with van der Waals surface area (Å²) in [5, 5.41) is 1.26. The molecular weight excluding hydrogens is 642 g/mol. The van der Waals surface area contributed by atoms with Crippen molar-refractivity contribution < 1.29 is 35.6 Å². The van der Waals surface area contributed by atoms with E-state index in [4.69, 9.17) is 20.8 Å². The fourth-order valence-electron chi connectivity index (χ4n) is 5.54. The highest BCUT2D eigenvalue weighted by Gasteiger charge is 2.41. The largest absolute Gasteiger partial charge is 0.436 e. The van der Waals surface area contributed by atoms with Gasteiger partial charge in [-0.05, 0) is 23.6 Å². The third-order valence-corrected chi connectivity index (χ3v) is 12.8. The number of carbonyl (C=O) groups excluding carboxylic acids is 2. The molecule has 43 heavy (non-hydrogen) atoms. The summed E-state index contributed by atoms with van der Waals surface area (Å²) in [4.78, 5) is 34.5. The second-order valence-corrected chi connectivity index (χ2v) is 16.4. The van der Waals surface area contributed by atoms with E-state index in [-0.39, 0.29) is 55.2 Å². The van der Waals surface area contributed by atoms with Gasteiger partial charge in [-0.1, -0.05) is 17.7 Å². The van der Waals surface area contributed by atoms with Crippen LogP contribution in [0.15, 0.2) is 32.9 Å². The van der Waals surface area contributed by atoms with Gasteiger partial charge in [0.1, 0.15) is 9.97 Å². The third kappa shape index (κ3) is 6.18. The quantitative estimate of drug-likeness (QED) is 0.381. The number of sulfonamides is 2. The normalized spacial score (nSPS) is 20.8. The molecule has 2 saturated heterocycles. The number of aromatic nitrogens is 1. The number of benzene rings is 1. The minimum Gasteiger partial charge on any atom is -0.436 e. The molecule has 0 N–H and O–H groups in total. The number of amides is 2. The Kier molecular flexibility index (Phi) is 8.29. The van der Waals surface area contributed by atoms with Gasteiger partial charge in [0.2, 0.25) is 15.9 Å². The van der Waals surface area contributed by atoms with Crippen LogP contribution in [-0.2, 0) is 42.5 Å². The average Bonchev–Trinajstić information content (AvgIpc) is 3.61. The van der Waals surface area contributed by atoms with Crippen LogP contribution in [0.2, 0.25) is 5.02 Å². The van der Waals surface area contributed by atoms with Gasteiger partial charge in [-0.25, -0.2) is 21.8 Å². The van der Waals surface area contributed by atoms with Crippen molar-refractivity contribution >= 4 is 64.9 Å². The zero-order valence-electron chi connectivity index (χ0n) is 23.3. The molecule has 0 radical (unpaired) electrons. The van der Waals surface area contributed by atoms with E-state index in [1.54, 1.807) is 29.2 Å². The number of halogens is 1. The van der Waals surface area contributed by atoms with Crippen LogP contribution in [0.1, 0.15) is 28.6 Å². The molecule has 232 valence electrons. The van der Waals surface area contributed by atoms with Crippen molar-refractivity contribution in [1.29, 1.82) is 0 Å². The Morgan fingerprint density at radius 3 is 2.56 bits per heavy atom. The van der Waals surface area contributed by atoms with E-state index in [2.05, 4.69) is 4.98 Å². The highest BCUT2D eigenvalue weighted by Crippen LogP contribution is 2.34. The first-order valence-electron chi connectivity index (χ1n) is 13.7. The maximum absolute atomic E-state index is 13.8. The topological polar surface area (TPSA) is 151 Å². The van der Waals surface area contributed by atoms with E-state index >= 15 is 0 Å². The molecule has 3 aromatic rings. The molecule has 2 fully saturated rings. The van der Waals surface area contributed by atoms with Gasteiger partial charge < -0.3 is 19.0 Å². The second-order valence-electron chi connectivity index (χ2n) is 10.7. The van der Waals surface area contributed by atoms with Gasteiger partial charge in [-0.2, -0.15) is 8.61 Å². The molecule has 1 atom stereocenters. The Bertz CT molecular complexity index is 1780. The Morgan fingerprint density at radius 2 is 1.81 bits per heavy atom. The zero-order chi connectivity index (χ0) is 30.5. The Morgan fingerprint density at radius 1 is 1.05 bits per heavy atom. The van der Waals surface area contributed by atoms with Crippen molar-refractivity contribution in [3.05, 3.63) is 46.6 Å².